The molecule has 0 amide bonds. The molecule has 30 heavy (non-hydrogen) atoms. The molecule has 4 aromatic rings. The lowest BCUT2D eigenvalue weighted by molar-refractivity contribution is 0.164. The highest BCUT2D eigenvalue weighted by Crippen LogP contribution is 2.23. The lowest BCUT2D eigenvalue weighted by atomic mass is 10.0. The van der Waals surface area contributed by atoms with E-state index in [1.165, 1.54) is 5.56 Å². The normalized spacial score (nSPS) is 12.1. The predicted molar refractivity (Wildman–Crippen MR) is 122 cm³/mol. The van der Waals surface area contributed by atoms with Crippen molar-refractivity contribution in [3.63, 3.8) is 0 Å². The summed E-state index contributed by atoms with van der Waals surface area (Å²) in [6.07, 6.45) is 2.07. The molecule has 0 saturated carbocycles. The second kappa shape index (κ2) is 9.75. The number of hydrogen-bond acceptors (Lipinski definition) is 3. The minimum atomic E-state index is -0.478. The fourth-order valence-corrected chi connectivity index (χ4v) is 3.58. The molecule has 1 aromatic heterocycles. The first-order chi connectivity index (χ1) is 14.7. The number of aryl methyl sites for hydroxylation is 1. The van der Waals surface area contributed by atoms with Gasteiger partial charge in [0.25, 0.3) is 0 Å². The van der Waals surface area contributed by atoms with Gasteiger partial charge in [-0.3, -0.25) is 0 Å². The number of nitrogens with zero attached hydrogens (tertiary/aromatic N) is 1. The van der Waals surface area contributed by atoms with Crippen LogP contribution in [0.1, 0.15) is 35.8 Å². The molecule has 4 rings (SSSR count). The molecule has 152 valence electrons. The van der Waals surface area contributed by atoms with E-state index < -0.39 is 6.10 Å². The number of aliphatic hydroxyl groups is 1. The summed E-state index contributed by atoms with van der Waals surface area (Å²) < 4.78 is 5.87. The van der Waals surface area contributed by atoms with Crippen LogP contribution in [-0.2, 0) is 13.0 Å². The zero-order valence-corrected chi connectivity index (χ0v) is 17.4. The summed E-state index contributed by atoms with van der Waals surface area (Å²) >= 11 is 5.92. The van der Waals surface area contributed by atoms with E-state index >= 15 is 0 Å². The van der Waals surface area contributed by atoms with Gasteiger partial charge < -0.3 is 9.84 Å². The Labute approximate surface area is 181 Å². The van der Waals surface area contributed by atoms with Gasteiger partial charge in [0, 0.05) is 10.4 Å². The first-order valence-corrected chi connectivity index (χ1v) is 10.5. The number of hydrogen-bond donors (Lipinski definition) is 1. The number of pyridine rings is 1. The van der Waals surface area contributed by atoms with Crippen LogP contribution in [0.2, 0.25) is 5.02 Å². The monoisotopic (exact) mass is 417 g/mol. The number of benzene rings is 3. The van der Waals surface area contributed by atoms with Crippen molar-refractivity contribution < 1.29 is 9.84 Å². The summed E-state index contributed by atoms with van der Waals surface area (Å²) in [5.74, 6) is 0.766. The highest BCUT2D eigenvalue weighted by Gasteiger charge is 2.08. The van der Waals surface area contributed by atoms with Gasteiger partial charge in [0.2, 0.25) is 0 Å². The topological polar surface area (TPSA) is 42.4 Å². The van der Waals surface area contributed by atoms with E-state index in [9.17, 15) is 5.11 Å². The van der Waals surface area contributed by atoms with E-state index in [4.69, 9.17) is 16.3 Å². The average molecular weight is 418 g/mol. The van der Waals surface area contributed by atoms with Crippen LogP contribution >= 0.6 is 11.6 Å². The van der Waals surface area contributed by atoms with E-state index in [-0.39, 0.29) is 0 Å². The van der Waals surface area contributed by atoms with Gasteiger partial charge in [0.15, 0.2) is 0 Å². The van der Waals surface area contributed by atoms with Crippen molar-refractivity contribution >= 4 is 22.5 Å². The predicted octanol–water partition coefficient (Wildman–Crippen LogP) is 6.52. The maximum absolute atomic E-state index is 10.5. The maximum atomic E-state index is 10.5. The third-order valence-corrected chi connectivity index (χ3v) is 5.42. The highest BCUT2D eigenvalue weighted by atomic mass is 35.5. The third kappa shape index (κ3) is 5.38. The molecular weight excluding hydrogens is 394 g/mol. The van der Waals surface area contributed by atoms with Gasteiger partial charge in [-0.05, 0) is 66.8 Å². The molecule has 3 aromatic carbocycles. The van der Waals surface area contributed by atoms with E-state index in [0.717, 1.165) is 45.8 Å². The number of ether oxygens (including phenoxy) is 1. The minimum absolute atomic E-state index is 0.411. The zero-order valence-electron chi connectivity index (χ0n) is 16.7. The summed E-state index contributed by atoms with van der Waals surface area (Å²) in [7, 11) is 0. The SMILES string of the molecule is OC(CCCc1ccc(Cl)cc1)c1ccc(OCc2ccc3ccccc3n2)cc1. The van der Waals surface area contributed by atoms with Crippen LogP contribution in [-0.4, -0.2) is 10.1 Å². The fraction of sp³-hybridized carbons (Fsp3) is 0.192. The molecule has 1 unspecified atom stereocenters. The van der Waals surface area contributed by atoms with Gasteiger partial charge in [-0.25, -0.2) is 4.98 Å². The Hall–Kier alpha value is -2.88. The van der Waals surface area contributed by atoms with Gasteiger partial charge in [-0.2, -0.15) is 0 Å². The summed E-state index contributed by atoms with van der Waals surface area (Å²) in [5, 5.41) is 12.3. The Morgan fingerprint density at radius 3 is 2.43 bits per heavy atom. The summed E-state index contributed by atoms with van der Waals surface area (Å²) in [6, 6.07) is 27.6. The number of fused-ring (bicyclic) bond motifs is 1. The largest absolute Gasteiger partial charge is 0.487 e. The van der Waals surface area contributed by atoms with Gasteiger partial charge >= 0.3 is 0 Å². The molecule has 0 fully saturated rings. The molecule has 0 radical (unpaired) electrons. The molecule has 0 bridgehead atoms. The third-order valence-electron chi connectivity index (χ3n) is 5.16. The molecule has 1 atom stereocenters. The van der Waals surface area contributed by atoms with Crippen molar-refractivity contribution in [2.75, 3.05) is 0 Å². The molecular formula is C26H24ClNO2. The molecule has 0 saturated heterocycles. The number of aliphatic hydroxyl groups excluding tert-OH is 1. The van der Waals surface area contributed by atoms with Gasteiger partial charge in [-0.15, -0.1) is 0 Å². The van der Waals surface area contributed by atoms with Crippen LogP contribution in [0.25, 0.3) is 10.9 Å². The van der Waals surface area contributed by atoms with E-state index in [0.29, 0.717) is 13.0 Å². The number of rotatable bonds is 8. The fourth-order valence-electron chi connectivity index (χ4n) is 3.45. The molecule has 1 heterocycles. The number of halogens is 1. The van der Waals surface area contributed by atoms with Crippen molar-refractivity contribution in [1.29, 1.82) is 0 Å². The molecule has 4 heteroatoms. The van der Waals surface area contributed by atoms with E-state index in [2.05, 4.69) is 11.1 Å². The van der Waals surface area contributed by atoms with Crippen LogP contribution < -0.4 is 4.74 Å². The van der Waals surface area contributed by atoms with Crippen LogP contribution in [0.3, 0.4) is 0 Å². The summed E-state index contributed by atoms with van der Waals surface area (Å²) in [6.45, 7) is 0.411. The van der Waals surface area contributed by atoms with Crippen LogP contribution in [0.4, 0.5) is 0 Å². The van der Waals surface area contributed by atoms with Crippen LogP contribution in [0.5, 0.6) is 5.75 Å². The smallest absolute Gasteiger partial charge is 0.130 e. The minimum Gasteiger partial charge on any atom is -0.487 e. The lowest BCUT2D eigenvalue weighted by Gasteiger charge is -2.12. The second-order valence-corrected chi connectivity index (χ2v) is 7.82. The standard InChI is InChI=1S/C26H24ClNO2/c27-22-13-8-19(9-14-22)4-3-7-26(29)21-11-16-24(17-12-21)30-18-23-15-10-20-5-1-2-6-25(20)28-23/h1-2,5-6,8-17,26,29H,3-4,7,18H2. The molecule has 1 N–H and O–H groups in total. The van der Waals surface area contributed by atoms with Crippen molar-refractivity contribution in [3.8, 4) is 5.75 Å². The van der Waals surface area contributed by atoms with E-state index in [1.807, 2.05) is 78.9 Å². The Balaban J connectivity index is 1.27. The molecule has 3 nitrogen and oxygen atoms in total. The van der Waals surface area contributed by atoms with Crippen molar-refractivity contribution in [2.24, 2.45) is 0 Å². The van der Waals surface area contributed by atoms with Gasteiger partial charge in [0.1, 0.15) is 12.4 Å². The Kier molecular flexibility index (Phi) is 6.63. The van der Waals surface area contributed by atoms with Gasteiger partial charge in [-0.1, -0.05) is 60.1 Å². The Morgan fingerprint density at radius 1 is 0.867 bits per heavy atom. The Bertz CT molecular complexity index is 1090. The highest BCUT2D eigenvalue weighted by molar-refractivity contribution is 6.30. The quantitative estimate of drug-likeness (QED) is 0.354. The maximum Gasteiger partial charge on any atom is 0.130 e. The van der Waals surface area contributed by atoms with Crippen LogP contribution in [0.15, 0.2) is 84.9 Å². The average Bonchev–Trinajstić information content (AvgIpc) is 2.79. The second-order valence-electron chi connectivity index (χ2n) is 7.39. The number of para-hydroxylation sites is 1. The summed E-state index contributed by atoms with van der Waals surface area (Å²) in [5.41, 5.74) is 4.00. The molecule has 0 aliphatic heterocycles. The summed E-state index contributed by atoms with van der Waals surface area (Å²) in [4.78, 5) is 4.63. The van der Waals surface area contributed by atoms with Crippen molar-refractivity contribution in [2.45, 2.75) is 32.0 Å². The van der Waals surface area contributed by atoms with Crippen molar-refractivity contribution in [1.82, 2.24) is 4.98 Å². The first kappa shape index (κ1) is 20.4. The zero-order chi connectivity index (χ0) is 20.8. The molecule has 0 aliphatic rings. The van der Waals surface area contributed by atoms with Gasteiger partial charge in [0.05, 0.1) is 17.3 Å². The molecule has 0 aliphatic carbocycles. The lowest BCUT2D eigenvalue weighted by Crippen LogP contribution is -2.00. The van der Waals surface area contributed by atoms with Crippen molar-refractivity contribution in [3.05, 3.63) is 107 Å². The van der Waals surface area contributed by atoms with Crippen LogP contribution in [0, 0.1) is 0 Å². The first-order valence-electron chi connectivity index (χ1n) is 10.2. The molecule has 0 spiro atoms. The Morgan fingerprint density at radius 2 is 1.63 bits per heavy atom. The number of aromatic nitrogens is 1. The van der Waals surface area contributed by atoms with E-state index in [1.54, 1.807) is 0 Å².